The van der Waals surface area contributed by atoms with Crippen molar-refractivity contribution in [1.29, 1.82) is 0 Å². The summed E-state index contributed by atoms with van der Waals surface area (Å²) in [4.78, 5) is 25.6. The number of benzene rings is 2. The summed E-state index contributed by atoms with van der Waals surface area (Å²) in [6.07, 6.45) is -4.68. The summed E-state index contributed by atoms with van der Waals surface area (Å²) in [5.41, 5.74) is -3.76. The monoisotopic (exact) mass is 506 g/mol. The van der Waals surface area contributed by atoms with Crippen LogP contribution >= 0.6 is 0 Å². The van der Waals surface area contributed by atoms with Crippen LogP contribution in [-0.2, 0) is 0 Å². The number of carbonyl (C=O) groups is 2. The van der Waals surface area contributed by atoms with E-state index in [4.69, 9.17) is 9.15 Å². The zero-order valence-corrected chi connectivity index (χ0v) is 18.9. The van der Waals surface area contributed by atoms with Crippen molar-refractivity contribution in [3.8, 4) is 17.1 Å². The van der Waals surface area contributed by atoms with E-state index >= 15 is 0 Å². The summed E-state index contributed by atoms with van der Waals surface area (Å²) in [6, 6.07) is 10.3. The number of halogens is 4. The predicted molar refractivity (Wildman–Crippen MR) is 120 cm³/mol. The van der Waals surface area contributed by atoms with Gasteiger partial charge in [0.1, 0.15) is 35.0 Å². The van der Waals surface area contributed by atoms with E-state index in [9.17, 15) is 32.3 Å². The highest BCUT2D eigenvalue weighted by atomic mass is 19.4. The van der Waals surface area contributed by atoms with Crippen LogP contribution in [0.25, 0.3) is 11.3 Å². The standard InChI is InChI=1S/C25H22F4N2O5/c1-2-12-35-17-8-6-14(7-9-17)22(32)20-21(30-23(33)31-24(20,34)25(27,28)29)19-11-10-18(36-19)15-4-3-5-16(26)13-15/h3-11,13,20-21,34H,2,12H2,1H3,(H2,30,31,33)/t20-,21-,24+/m1/s1. The molecule has 3 N–H and O–H groups in total. The van der Waals surface area contributed by atoms with Gasteiger partial charge in [0, 0.05) is 11.1 Å². The number of alkyl halides is 3. The van der Waals surface area contributed by atoms with Crippen LogP contribution in [0.1, 0.15) is 35.5 Å². The SMILES string of the molecule is CCCOc1ccc(C(=O)[C@H]2[C@@H](c3ccc(-c4cccc(F)c4)o3)NC(=O)N[C@@]2(O)C(F)(F)F)cc1. The summed E-state index contributed by atoms with van der Waals surface area (Å²) in [7, 11) is 0. The van der Waals surface area contributed by atoms with Gasteiger partial charge in [-0.1, -0.05) is 19.1 Å². The summed E-state index contributed by atoms with van der Waals surface area (Å²) in [6.45, 7) is 2.31. The van der Waals surface area contributed by atoms with Crippen molar-refractivity contribution < 1.29 is 41.4 Å². The second-order valence-corrected chi connectivity index (χ2v) is 8.27. The van der Waals surface area contributed by atoms with E-state index in [-0.39, 0.29) is 22.6 Å². The Kier molecular flexibility index (Phi) is 6.77. The first-order valence-electron chi connectivity index (χ1n) is 11.0. The first-order chi connectivity index (χ1) is 17.0. The van der Waals surface area contributed by atoms with Crippen LogP contribution in [0.2, 0.25) is 0 Å². The van der Waals surface area contributed by atoms with E-state index in [1.54, 1.807) is 0 Å². The lowest BCUT2D eigenvalue weighted by molar-refractivity contribution is -0.288. The lowest BCUT2D eigenvalue weighted by Crippen LogP contribution is -2.72. The van der Waals surface area contributed by atoms with Crippen LogP contribution in [0.3, 0.4) is 0 Å². The number of ketones is 1. The third-order valence-corrected chi connectivity index (χ3v) is 5.74. The van der Waals surface area contributed by atoms with Crippen LogP contribution in [0.5, 0.6) is 5.75 Å². The summed E-state index contributed by atoms with van der Waals surface area (Å²) >= 11 is 0. The minimum Gasteiger partial charge on any atom is -0.494 e. The molecule has 36 heavy (non-hydrogen) atoms. The molecule has 7 nitrogen and oxygen atoms in total. The summed E-state index contributed by atoms with van der Waals surface area (Å²) in [5, 5.41) is 14.4. The quantitative estimate of drug-likeness (QED) is 0.310. The fourth-order valence-electron chi connectivity index (χ4n) is 4.01. The smallest absolute Gasteiger partial charge is 0.437 e. The van der Waals surface area contributed by atoms with Crippen molar-refractivity contribution in [2.45, 2.75) is 31.3 Å². The lowest BCUT2D eigenvalue weighted by Gasteiger charge is -2.44. The lowest BCUT2D eigenvalue weighted by atomic mass is 9.79. The molecule has 3 aromatic rings. The average molecular weight is 506 g/mol. The first kappa shape index (κ1) is 25.2. The van der Waals surface area contributed by atoms with Crippen LogP contribution in [0.15, 0.2) is 65.1 Å². The number of hydrogen-bond donors (Lipinski definition) is 3. The topological polar surface area (TPSA) is 101 Å². The zero-order chi connectivity index (χ0) is 26.1. The Morgan fingerprint density at radius 3 is 2.50 bits per heavy atom. The van der Waals surface area contributed by atoms with Crippen molar-refractivity contribution in [3.05, 3.63) is 77.8 Å². The molecular formula is C25H22F4N2O5. The first-order valence-corrected chi connectivity index (χ1v) is 11.0. The molecule has 1 aliphatic heterocycles. The molecule has 1 saturated heterocycles. The zero-order valence-electron chi connectivity index (χ0n) is 18.9. The number of aliphatic hydroxyl groups is 1. The highest BCUT2D eigenvalue weighted by molar-refractivity contribution is 6.00. The fourth-order valence-corrected chi connectivity index (χ4v) is 4.01. The maximum atomic E-state index is 14.1. The molecule has 2 amide bonds. The van der Waals surface area contributed by atoms with Gasteiger partial charge in [0.2, 0.25) is 5.72 Å². The summed E-state index contributed by atoms with van der Waals surface area (Å²) in [5.74, 6) is -3.64. The Bertz CT molecular complexity index is 1260. The maximum Gasteiger partial charge on any atom is 0.437 e. The van der Waals surface area contributed by atoms with Crippen LogP contribution in [0.4, 0.5) is 22.4 Å². The molecule has 190 valence electrons. The van der Waals surface area contributed by atoms with E-state index in [0.29, 0.717) is 12.4 Å². The largest absolute Gasteiger partial charge is 0.494 e. The number of nitrogens with one attached hydrogen (secondary N) is 2. The van der Waals surface area contributed by atoms with Crippen molar-refractivity contribution in [2.75, 3.05) is 6.61 Å². The molecular weight excluding hydrogens is 484 g/mol. The number of ether oxygens (including phenoxy) is 1. The van der Waals surface area contributed by atoms with E-state index in [1.807, 2.05) is 6.92 Å². The van der Waals surface area contributed by atoms with Crippen molar-refractivity contribution in [1.82, 2.24) is 10.6 Å². The van der Waals surface area contributed by atoms with E-state index in [1.165, 1.54) is 59.9 Å². The Labute approximate surface area is 203 Å². The Hall–Kier alpha value is -3.86. The molecule has 3 atom stereocenters. The molecule has 4 rings (SSSR count). The molecule has 2 aromatic carbocycles. The number of carbonyl (C=O) groups excluding carboxylic acids is 2. The van der Waals surface area contributed by atoms with Crippen molar-refractivity contribution in [3.63, 3.8) is 0 Å². The van der Waals surface area contributed by atoms with Crippen molar-refractivity contribution >= 4 is 11.8 Å². The highest BCUT2D eigenvalue weighted by Crippen LogP contribution is 2.44. The van der Waals surface area contributed by atoms with Gasteiger partial charge in [0.05, 0.1) is 6.61 Å². The molecule has 1 aromatic heterocycles. The van der Waals surface area contributed by atoms with Crippen LogP contribution in [0, 0.1) is 11.7 Å². The number of hydrogen-bond acceptors (Lipinski definition) is 5. The Morgan fingerprint density at radius 1 is 1.14 bits per heavy atom. The Morgan fingerprint density at radius 2 is 1.86 bits per heavy atom. The number of furan rings is 1. The van der Waals surface area contributed by atoms with E-state index < -0.39 is 41.5 Å². The van der Waals surface area contributed by atoms with Gasteiger partial charge in [-0.3, -0.25) is 4.79 Å². The summed E-state index contributed by atoms with van der Waals surface area (Å²) < 4.78 is 67.0. The highest BCUT2D eigenvalue weighted by Gasteiger charge is 2.66. The third-order valence-electron chi connectivity index (χ3n) is 5.74. The van der Waals surface area contributed by atoms with Crippen LogP contribution in [-0.4, -0.2) is 35.4 Å². The number of amides is 2. The minimum absolute atomic E-state index is 0.0939. The van der Waals surface area contributed by atoms with Gasteiger partial charge in [-0.15, -0.1) is 0 Å². The molecule has 0 radical (unpaired) electrons. The van der Waals surface area contributed by atoms with E-state index in [0.717, 1.165) is 12.5 Å². The van der Waals surface area contributed by atoms with Gasteiger partial charge in [-0.2, -0.15) is 13.2 Å². The molecule has 0 spiro atoms. The molecule has 0 saturated carbocycles. The third kappa shape index (κ3) is 4.78. The normalized spacial score (nSPS) is 22.0. The molecule has 0 bridgehead atoms. The fraction of sp³-hybridized carbons (Fsp3) is 0.280. The maximum absolute atomic E-state index is 14.1. The predicted octanol–water partition coefficient (Wildman–Crippen LogP) is 4.98. The van der Waals surface area contributed by atoms with Gasteiger partial charge >= 0.3 is 12.2 Å². The van der Waals surface area contributed by atoms with E-state index in [2.05, 4.69) is 5.32 Å². The molecule has 1 fully saturated rings. The molecule has 2 heterocycles. The average Bonchev–Trinajstić information content (AvgIpc) is 3.32. The molecule has 11 heteroatoms. The number of Topliss-reactive ketones (excluding diaryl/α,β-unsaturated/α-hetero) is 1. The van der Waals surface area contributed by atoms with Gasteiger partial charge < -0.3 is 24.9 Å². The molecule has 0 unspecified atom stereocenters. The number of rotatable bonds is 7. The van der Waals surface area contributed by atoms with Gasteiger partial charge in [-0.05, 0) is 55.0 Å². The second-order valence-electron chi connectivity index (χ2n) is 8.27. The number of urea groups is 1. The van der Waals surface area contributed by atoms with Gasteiger partial charge in [0.15, 0.2) is 5.78 Å². The Balaban J connectivity index is 1.75. The molecule has 1 aliphatic rings. The van der Waals surface area contributed by atoms with Crippen molar-refractivity contribution in [2.24, 2.45) is 5.92 Å². The minimum atomic E-state index is -5.41. The second kappa shape index (κ2) is 9.65. The van der Waals surface area contributed by atoms with Gasteiger partial charge in [0.25, 0.3) is 0 Å². The molecule has 0 aliphatic carbocycles. The van der Waals surface area contributed by atoms with Gasteiger partial charge in [-0.25, -0.2) is 9.18 Å². The van der Waals surface area contributed by atoms with Crippen LogP contribution < -0.4 is 15.4 Å².